The number of hydrogen-bond donors (Lipinski definition) is 1. The summed E-state index contributed by atoms with van der Waals surface area (Å²) in [5.74, 6) is -0.00764. The van der Waals surface area contributed by atoms with E-state index in [9.17, 15) is 4.79 Å². The Morgan fingerprint density at radius 1 is 0.926 bits per heavy atom. The van der Waals surface area contributed by atoms with Crippen LogP contribution in [-0.2, 0) is 4.79 Å². The molecule has 0 saturated carbocycles. The molecule has 0 bridgehead atoms. The number of halogens is 1. The molecule has 3 aromatic carbocycles. The first kappa shape index (κ1) is 16.1. The SMILES string of the molecule is O=C1/C(=C\c2c[nH]c3ccc(Br)cc23)c2ccccc2N1c1ccccc1. The number of carbonyl (C=O) groups excluding carboxylic acids is 1. The number of anilines is 2. The van der Waals surface area contributed by atoms with Crippen LogP contribution in [0.1, 0.15) is 11.1 Å². The van der Waals surface area contributed by atoms with Gasteiger partial charge in [-0.2, -0.15) is 0 Å². The molecule has 130 valence electrons. The van der Waals surface area contributed by atoms with E-state index in [4.69, 9.17) is 0 Å². The Balaban J connectivity index is 1.69. The maximum atomic E-state index is 13.3. The van der Waals surface area contributed by atoms with Crippen molar-refractivity contribution in [2.45, 2.75) is 0 Å². The predicted octanol–water partition coefficient (Wildman–Crippen LogP) is 6.15. The molecule has 4 aromatic rings. The molecule has 0 fully saturated rings. The normalized spacial score (nSPS) is 14.9. The maximum absolute atomic E-state index is 13.3. The highest BCUT2D eigenvalue weighted by Gasteiger charge is 2.33. The van der Waals surface area contributed by atoms with Gasteiger partial charge >= 0.3 is 0 Å². The first-order valence-electron chi connectivity index (χ1n) is 8.69. The molecule has 0 radical (unpaired) electrons. The summed E-state index contributed by atoms with van der Waals surface area (Å²) in [6.45, 7) is 0. The Labute approximate surface area is 165 Å². The van der Waals surface area contributed by atoms with E-state index in [1.807, 2.05) is 79.0 Å². The van der Waals surface area contributed by atoms with E-state index >= 15 is 0 Å². The minimum atomic E-state index is -0.00764. The lowest BCUT2D eigenvalue weighted by atomic mass is 10.0. The zero-order valence-electron chi connectivity index (χ0n) is 14.3. The van der Waals surface area contributed by atoms with Gasteiger partial charge < -0.3 is 4.98 Å². The van der Waals surface area contributed by atoms with Crippen molar-refractivity contribution in [3.8, 4) is 0 Å². The second-order valence-electron chi connectivity index (χ2n) is 6.49. The third-order valence-corrected chi connectivity index (χ3v) is 5.35. The molecule has 1 amide bonds. The fourth-order valence-electron chi connectivity index (χ4n) is 3.60. The van der Waals surface area contributed by atoms with Crippen LogP contribution in [0.2, 0.25) is 0 Å². The standard InChI is InChI=1S/C23H15BrN2O/c24-16-10-11-21-19(13-16)15(14-25-21)12-20-18-8-4-5-9-22(18)26(23(20)27)17-6-2-1-3-7-17/h1-14,25H/b20-12-. The first-order valence-corrected chi connectivity index (χ1v) is 9.49. The van der Waals surface area contributed by atoms with Crippen LogP contribution in [0.25, 0.3) is 22.6 Å². The smallest absolute Gasteiger partial charge is 0.263 e. The molecule has 0 aliphatic carbocycles. The Morgan fingerprint density at radius 3 is 2.56 bits per heavy atom. The molecule has 2 heterocycles. The molecule has 1 N–H and O–H groups in total. The van der Waals surface area contributed by atoms with Gasteiger partial charge in [0.05, 0.1) is 11.3 Å². The number of nitrogens with one attached hydrogen (secondary N) is 1. The fourth-order valence-corrected chi connectivity index (χ4v) is 3.96. The topological polar surface area (TPSA) is 36.1 Å². The maximum Gasteiger partial charge on any atom is 0.263 e. The number of fused-ring (bicyclic) bond motifs is 2. The number of benzene rings is 3. The highest BCUT2D eigenvalue weighted by molar-refractivity contribution is 9.10. The van der Waals surface area contributed by atoms with Crippen molar-refractivity contribution in [1.29, 1.82) is 0 Å². The van der Waals surface area contributed by atoms with Crippen LogP contribution in [0.4, 0.5) is 11.4 Å². The van der Waals surface area contributed by atoms with Crippen LogP contribution >= 0.6 is 15.9 Å². The van der Waals surface area contributed by atoms with Gasteiger partial charge in [0.15, 0.2) is 0 Å². The first-order chi connectivity index (χ1) is 13.2. The van der Waals surface area contributed by atoms with Crippen LogP contribution in [0.3, 0.4) is 0 Å². The summed E-state index contributed by atoms with van der Waals surface area (Å²) in [6.07, 6.45) is 3.93. The quantitative estimate of drug-likeness (QED) is 0.392. The van der Waals surface area contributed by atoms with Gasteiger partial charge in [-0.05, 0) is 42.5 Å². The van der Waals surface area contributed by atoms with Crippen LogP contribution < -0.4 is 4.90 Å². The molecule has 3 nitrogen and oxygen atoms in total. The van der Waals surface area contributed by atoms with Gasteiger partial charge in [-0.3, -0.25) is 9.69 Å². The van der Waals surface area contributed by atoms with Crippen molar-refractivity contribution in [3.63, 3.8) is 0 Å². The number of amides is 1. The lowest BCUT2D eigenvalue weighted by Crippen LogP contribution is -2.20. The van der Waals surface area contributed by atoms with E-state index in [-0.39, 0.29) is 5.91 Å². The molecule has 27 heavy (non-hydrogen) atoms. The summed E-state index contributed by atoms with van der Waals surface area (Å²) < 4.78 is 1.01. The second-order valence-corrected chi connectivity index (χ2v) is 7.40. The van der Waals surface area contributed by atoms with Gasteiger partial charge in [0.2, 0.25) is 0 Å². The summed E-state index contributed by atoms with van der Waals surface area (Å²) in [5.41, 5.74) is 5.50. The molecule has 5 rings (SSSR count). The van der Waals surface area contributed by atoms with Crippen molar-refractivity contribution in [2.24, 2.45) is 0 Å². The Bertz CT molecular complexity index is 1210. The molecule has 1 aliphatic heterocycles. The number of H-pyrrole nitrogens is 1. The molecule has 1 aromatic heterocycles. The van der Waals surface area contributed by atoms with Gasteiger partial charge in [-0.25, -0.2) is 0 Å². The lowest BCUT2D eigenvalue weighted by Gasteiger charge is -2.16. The van der Waals surface area contributed by atoms with E-state index in [0.717, 1.165) is 37.9 Å². The number of carbonyl (C=O) groups is 1. The van der Waals surface area contributed by atoms with E-state index in [0.29, 0.717) is 5.57 Å². The van der Waals surface area contributed by atoms with Gasteiger partial charge in [0.1, 0.15) is 0 Å². The van der Waals surface area contributed by atoms with Crippen LogP contribution in [0.5, 0.6) is 0 Å². The number of para-hydroxylation sites is 2. The Kier molecular flexibility index (Phi) is 3.73. The molecule has 4 heteroatoms. The average Bonchev–Trinajstić information content (AvgIpc) is 3.21. The molecular formula is C23H15BrN2O. The largest absolute Gasteiger partial charge is 0.361 e. The summed E-state index contributed by atoms with van der Waals surface area (Å²) in [5, 5.41) is 1.08. The number of hydrogen-bond acceptors (Lipinski definition) is 1. The van der Waals surface area contributed by atoms with Gasteiger partial charge in [0.25, 0.3) is 5.91 Å². The zero-order valence-corrected chi connectivity index (χ0v) is 15.9. The zero-order chi connectivity index (χ0) is 18.4. The van der Waals surface area contributed by atoms with Crippen LogP contribution in [0, 0.1) is 0 Å². The van der Waals surface area contributed by atoms with Crippen molar-refractivity contribution in [2.75, 3.05) is 4.90 Å². The average molecular weight is 415 g/mol. The third-order valence-electron chi connectivity index (χ3n) is 4.86. The highest BCUT2D eigenvalue weighted by Crippen LogP contribution is 2.42. The van der Waals surface area contributed by atoms with Crippen molar-refractivity contribution < 1.29 is 4.79 Å². The third kappa shape index (κ3) is 2.61. The monoisotopic (exact) mass is 414 g/mol. The minimum absolute atomic E-state index is 0.00764. The number of nitrogens with zero attached hydrogens (tertiary/aromatic N) is 1. The van der Waals surface area contributed by atoms with E-state index in [1.165, 1.54) is 0 Å². The van der Waals surface area contributed by atoms with Crippen molar-refractivity contribution in [3.05, 3.63) is 94.6 Å². The van der Waals surface area contributed by atoms with E-state index in [1.54, 1.807) is 4.90 Å². The summed E-state index contributed by atoms with van der Waals surface area (Å²) in [7, 11) is 0. The number of aromatic nitrogens is 1. The minimum Gasteiger partial charge on any atom is -0.361 e. The molecular weight excluding hydrogens is 400 g/mol. The highest BCUT2D eigenvalue weighted by atomic mass is 79.9. The van der Waals surface area contributed by atoms with Crippen molar-refractivity contribution >= 4 is 55.8 Å². The lowest BCUT2D eigenvalue weighted by molar-refractivity contribution is -0.112. The van der Waals surface area contributed by atoms with Gasteiger partial charge in [-0.1, -0.05) is 52.3 Å². The predicted molar refractivity (Wildman–Crippen MR) is 114 cm³/mol. The molecule has 1 aliphatic rings. The molecule has 0 saturated heterocycles. The van der Waals surface area contributed by atoms with Gasteiger partial charge in [-0.15, -0.1) is 0 Å². The fraction of sp³-hybridized carbons (Fsp3) is 0. The second kappa shape index (κ2) is 6.25. The van der Waals surface area contributed by atoms with E-state index < -0.39 is 0 Å². The molecule has 0 unspecified atom stereocenters. The number of rotatable bonds is 2. The summed E-state index contributed by atoms with van der Waals surface area (Å²) >= 11 is 3.53. The Hall–Kier alpha value is -3.11. The Morgan fingerprint density at radius 2 is 1.70 bits per heavy atom. The van der Waals surface area contributed by atoms with E-state index in [2.05, 4.69) is 27.0 Å². The molecule has 0 spiro atoms. The van der Waals surface area contributed by atoms with Crippen molar-refractivity contribution in [1.82, 2.24) is 4.98 Å². The number of aromatic amines is 1. The summed E-state index contributed by atoms with van der Waals surface area (Å²) in [6, 6.07) is 23.8. The van der Waals surface area contributed by atoms with Crippen LogP contribution in [0.15, 0.2) is 83.5 Å². The van der Waals surface area contributed by atoms with Gasteiger partial charge in [0, 0.05) is 38.4 Å². The summed E-state index contributed by atoms with van der Waals surface area (Å²) in [4.78, 5) is 18.4. The molecule has 0 atom stereocenters. The van der Waals surface area contributed by atoms with Crippen LogP contribution in [-0.4, -0.2) is 10.9 Å².